The average Bonchev–Trinajstić information content (AvgIpc) is 2.98. The number of aromatic nitrogens is 2. The van der Waals surface area contributed by atoms with Crippen LogP contribution in [-0.4, -0.2) is 28.5 Å². The minimum absolute atomic E-state index is 0.318. The van der Waals surface area contributed by atoms with Gasteiger partial charge in [-0.25, -0.2) is 0 Å². The molecule has 94 valence electrons. The van der Waals surface area contributed by atoms with E-state index in [4.69, 9.17) is 9.26 Å². The molecule has 0 aromatic carbocycles. The predicted octanol–water partition coefficient (Wildman–Crippen LogP) is 2.30. The molecule has 1 saturated heterocycles. The van der Waals surface area contributed by atoms with E-state index < -0.39 is 5.92 Å². The van der Waals surface area contributed by atoms with Crippen molar-refractivity contribution >= 4 is 17.7 Å². The normalized spacial score (nSPS) is 21.4. The Labute approximate surface area is 104 Å². The molecule has 2 rings (SSSR count). The zero-order valence-electron chi connectivity index (χ0n) is 10.0. The second-order valence-corrected chi connectivity index (χ2v) is 5.28. The molecule has 0 aliphatic carbocycles. The summed E-state index contributed by atoms with van der Waals surface area (Å²) >= 11 is 1.84. The quantitative estimate of drug-likeness (QED) is 0.770. The average molecular weight is 256 g/mol. The molecule has 1 aromatic heterocycles. The van der Waals surface area contributed by atoms with Gasteiger partial charge in [-0.15, -0.1) is 0 Å². The van der Waals surface area contributed by atoms with Gasteiger partial charge >= 0.3 is 5.97 Å². The first-order chi connectivity index (χ1) is 8.22. The van der Waals surface area contributed by atoms with Gasteiger partial charge in [0.15, 0.2) is 5.82 Å². The van der Waals surface area contributed by atoms with Crippen molar-refractivity contribution in [1.82, 2.24) is 10.1 Å². The van der Waals surface area contributed by atoms with Gasteiger partial charge < -0.3 is 9.26 Å². The number of carbonyl (C=O) groups is 1. The summed E-state index contributed by atoms with van der Waals surface area (Å²) in [5.74, 6) is 1.40. The zero-order chi connectivity index (χ0) is 12.3. The monoisotopic (exact) mass is 256 g/mol. The van der Waals surface area contributed by atoms with E-state index in [2.05, 4.69) is 10.1 Å². The van der Waals surface area contributed by atoms with Crippen molar-refractivity contribution in [3.8, 4) is 0 Å². The fourth-order valence-electron chi connectivity index (χ4n) is 1.70. The lowest BCUT2D eigenvalue weighted by Gasteiger charge is -2.05. The van der Waals surface area contributed by atoms with E-state index in [1.165, 1.54) is 6.42 Å². The van der Waals surface area contributed by atoms with Gasteiger partial charge in [0.2, 0.25) is 5.89 Å². The Morgan fingerprint density at radius 2 is 2.53 bits per heavy atom. The number of hydrogen-bond donors (Lipinski definition) is 0. The van der Waals surface area contributed by atoms with Gasteiger partial charge in [-0.05, 0) is 32.4 Å². The molecule has 17 heavy (non-hydrogen) atoms. The number of rotatable bonds is 4. The summed E-state index contributed by atoms with van der Waals surface area (Å²) in [4.78, 5) is 15.8. The second-order valence-electron chi connectivity index (χ2n) is 3.97. The third-order valence-corrected chi connectivity index (χ3v) is 4.06. The third-order valence-electron chi connectivity index (χ3n) is 2.69. The van der Waals surface area contributed by atoms with Crippen LogP contribution in [-0.2, 0) is 9.53 Å². The molecule has 1 aliphatic heterocycles. The highest BCUT2D eigenvalue weighted by Gasteiger charge is 2.27. The van der Waals surface area contributed by atoms with Gasteiger partial charge in [0, 0.05) is 0 Å². The van der Waals surface area contributed by atoms with Crippen LogP contribution in [0.1, 0.15) is 49.6 Å². The maximum absolute atomic E-state index is 11.5. The molecule has 0 spiro atoms. The SMILES string of the molecule is CCOC(=O)C(C)c1nc(C2CCCS2)no1. The Bertz CT molecular complexity index is 388. The molecular formula is C11H16N2O3S. The second kappa shape index (κ2) is 5.53. The lowest BCUT2D eigenvalue weighted by atomic mass is 10.2. The van der Waals surface area contributed by atoms with E-state index in [0.717, 1.165) is 12.2 Å². The highest BCUT2D eigenvalue weighted by Crippen LogP contribution is 2.38. The molecule has 0 radical (unpaired) electrons. The van der Waals surface area contributed by atoms with Crippen LogP contribution in [0.25, 0.3) is 0 Å². The number of carbonyl (C=O) groups excluding carboxylic acids is 1. The number of ether oxygens (including phenoxy) is 1. The van der Waals surface area contributed by atoms with Crippen LogP contribution >= 0.6 is 11.8 Å². The van der Waals surface area contributed by atoms with Crippen molar-refractivity contribution in [1.29, 1.82) is 0 Å². The summed E-state index contributed by atoms with van der Waals surface area (Å²) in [7, 11) is 0. The maximum atomic E-state index is 11.5. The Balaban J connectivity index is 2.04. The summed E-state index contributed by atoms with van der Waals surface area (Å²) in [5.41, 5.74) is 0. The number of nitrogens with zero attached hydrogens (tertiary/aromatic N) is 2. The standard InChI is InChI=1S/C11H16N2O3S/c1-3-15-11(14)7(2)10-12-9(13-16-10)8-5-4-6-17-8/h7-8H,3-6H2,1-2H3. The Kier molecular flexibility index (Phi) is 4.04. The van der Waals surface area contributed by atoms with Crippen molar-refractivity contribution in [3.05, 3.63) is 11.7 Å². The molecule has 0 N–H and O–H groups in total. The lowest BCUT2D eigenvalue weighted by molar-refractivity contribution is -0.145. The Morgan fingerprint density at radius 3 is 3.18 bits per heavy atom. The Hall–Kier alpha value is -1.04. The van der Waals surface area contributed by atoms with Gasteiger partial charge in [0.05, 0.1) is 11.9 Å². The maximum Gasteiger partial charge on any atom is 0.318 e. The highest BCUT2D eigenvalue weighted by molar-refractivity contribution is 7.99. The predicted molar refractivity (Wildman–Crippen MR) is 63.8 cm³/mol. The summed E-state index contributed by atoms with van der Waals surface area (Å²) in [6.07, 6.45) is 2.27. The van der Waals surface area contributed by atoms with Crippen LogP contribution in [0.2, 0.25) is 0 Å². The van der Waals surface area contributed by atoms with Crippen LogP contribution in [0.5, 0.6) is 0 Å². The molecule has 5 nitrogen and oxygen atoms in total. The summed E-state index contributed by atoms with van der Waals surface area (Å²) < 4.78 is 10.1. The molecule has 2 heterocycles. The van der Waals surface area contributed by atoms with E-state index in [1.807, 2.05) is 11.8 Å². The molecular weight excluding hydrogens is 240 g/mol. The van der Waals surface area contributed by atoms with Gasteiger partial charge in [-0.3, -0.25) is 4.79 Å². The molecule has 1 fully saturated rings. The molecule has 0 bridgehead atoms. The largest absolute Gasteiger partial charge is 0.465 e. The van der Waals surface area contributed by atoms with Crippen molar-refractivity contribution < 1.29 is 14.1 Å². The van der Waals surface area contributed by atoms with Gasteiger partial charge in [0.25, 0.3) is 0 Å². The fourth-order valence-corrected chi connectivity index (χ4v) is 2.90. The molecule has 6 heteroatoms. The highest BCUT2D eigenvalue weighted by atomic mass is 32.2. The third kappa shape index (κ3) is 2.80. The van der Waals surface area contributed by atoms with Crippen LogP contribution < -0.4 is 0 Å². The zero-order valence-corrected chi connectivity index (χ0v) is 10.8. The number of hydrogen-bond acceptors (Lipinski definition) is 6. The number of thioether (sulfide) groups is 1. The van der Waals surface area contributed by atoms with Gasteiger partial charge in [-0.2, -0.15) is 16.7 Å². The first kappa shape index (κ1) is 12.4. The minimum atomic E-state index is -0.484. The number of esters is 1. The van der Waals surface area contributed by atoms with E-state index in [1.54, 1.807) is 13.8 Å². The lowest BCUT2D eigenvalue weighted by Crippen LogP contribution is -2.13. The minimum Gasteiger partial charge on any atom is -0.465 e. The van der Waals surface area contributed by atoms with Crippen molar-refractivity contribution in [3.63, 3.8) is 0 Å². The smallest absolute Gasteiger partial charge is 0.318 e. The molecule has 2 atom stereocenters. The Morgan fingerprint density at radius 1 is 1.71 bits per heavy atom. The van der Waals surface area contributed by atoms with E-state index in [9.17, 15) is 4.79 Å². The van der Waals surface area contributed by atoms with E-state index in [-0.39, 0.29) is 5.97 Å². The molecule has 0 saturated carbocycles. The van der Waals surface area contributed by atoms with E-state index in [0.29, 0.717) is 23.6 Å². The molecule has 2 unspecified atom stereocenters. The van der Waals surface area contributed by atoms with E-state index >= 15 is 0 Å². The van der Waals surface area contributed by atoms with Gasteiger partial charge in [0.1, 0.15) is 5.92 Å². The van der Waals surface area contributed by atoms with Crippen molar-refractivity contribution in [2.24, 2.45) is 0 Å². The fraction of sp³-hybridized carbons (Fsp3) is 0.727. The van der Waals surface area contributed by atoms with Crippen LogP contribution in [0.15, 0.2) is 4.52 Å². The van der Waals surface area contributed by atoms with Crippen LogP contribution in [0, 0.1) is 0 Å². The van der Waals surface area contributed by atoms with Gasteiger partial charge in [-0.1, -0.05) is 5.16 Å². The van der Waals surface area contributed by atoms with Crippen molar-refractivity contribution in [2.45, 2.75) is 37.9 Å². The molecule has 0 amide bonds. The molecule has 1 aromatic rings. The topological polar surface area (TPSA) is 65.2 Å². The summed E-state index contributed by atoms with van der Waals surface area (Å²) in [6, 6.07) is 0. The summed E-state index contributed by atoms with van der Waals surface area (Å²) in [6.45, 7) is 3.86. The molecule has 1 aliphatic rings. The van der Waals surface area contributed by atoms with Crippen LogP contribution in [0.4, 0.5) is 0 Å². The first-order valence-corrected chi connectivity index (χ1v) is 6.89. The first-order valence-electron chi connectivity index (χ1n) is 5.84. The van der Waals surface area contributed by atoms with Crippen LogP contribution in [0.3, 0.4) is 0 Å². The summed E-state index contributed by atoms with van der Waals surface area (Å²) in [5, 5.41) is 4.27. The van der Waals surface area contributed by atoms with Crippen molar-refractivity contribution in [2.75, 3.05) is 12.4 Å².